The molecule has 5 nitrogen and oxygen atoms in total. The summed E-state index contributed by atoms with van der Waals surface area (Å²) in [6, 6.07) is 3.14. The number of hydrogen-bond donors (Lipinski definition) is 1. The Kier molecular flexibility index (Phi) is 2.68. The number of carbonyl (C=O) groups excluding carboxylic acids is 1. The van der Waals surface area contributed by atoms with Crippen LogP contribution in [0.15, 0.2) is 16.9 Å². The van der Waals surface area contributed by atoms with Gasteiger partial charge in [-0.3, -0.25) is 9.36 Å². The van der Waals surface area contributed by atoms with E-state index in [0.717, 1.165) is 12.1 Å². The van der Waals surface area contributed by atoms with E-state index < -0.39 is 6.04 Å². The van der Waals surface area contributed by atoms with Crippen molar-refractivity contribution >= 4 is 11.7 Å². The molecule has 86 valence electrons. The van der Waals surface area contributed by atoms with Crippen molar-refractivity contribution in [1.29, 1.82) is 0 Å². The summed E-state index contributed by atoms with van der Waals surface area (Å²) in [5.74, 6) is -0.353. The largest absolute Gasteiger partial charge is 0.467 e. The summed E-state index contributed by atoms with van der Waals surface area (Å²) in [7, 11) is 3.03. The molecule has 1 aliphatic heterocycles. The van der Waals surface area contributed by atoms with Gasteiger partial charge in [0.05, 0.1) is 7.11 Å². The Hall–Kier alpha value is -1.78. The lowest BCUT2D eigenvalue weighted by molar-refractivity contribution is -0.144. The number of esters is 1. The van der Waals surface area contributed by atoms with E-state index in [9.17, 15) is 9.59 Å². The van der Waals surface area contributed by atoms with Gasteiger partial charge in [0.1, 0.15) is 11.7 Å². The van der Waals surface area contributed by atoms with Gasteiger partial charge < -0.3 is 10.1 Å². The lowest BCUT2D eigenvalue weighted by atomic mass is 10.2. The highest BCUT2D eigenvalue weighted by atomic mass is 16.5. The predicted molar refractivity (Wildman–Crippen MR) is 59.6 cm³/mol. The zero-order valence-electron chi connectivity index (χ0n) is 9.32. The topological polar surface area (TPSA) is 60.3 Å². The molecule has 1 aromatic rings. The molecule has 16 heavy (non-hydrogen) atoms. The SMILES string of the molecule is CNc1ccc2n(c1=O)C(C(=O)OC)CC2. The standard InChI is InChI=1S/C11H14N2O3/c1-12-8-5-3-7-4-6-9(11(15)16-2)13(7)10(8)14/h3,5,9,12H,4,6H2,1-2H3. The fraction of sp³-hybridized carbons (Fsp3) is 0.455. The second-order valence-corrected chi connectivity index (χ2v) is 3.74. The molecule has 0 amide bonds. The highest BCUT2D eigenvalue weighted by Gasteiger charge is 2.30. The number of ether oxygens (including phenoxy) is 1. The van der Waals surface area contributed by atoms with Gasteiger partial charge in [0, 0.05) is 12.7 Å². The summed E-state index contributed by atoms with van der Waals surface area (Å²) in [5, 5.41) is 2.82. The summed E-state index contributed by atoms with van der Waals surface area (Å²) in [5.41, 5.74) is 1.23. The Bertz CT molecular complexity index is 479. The third-order valence-electron chi connectivity index (χ3n) is 2.93. The number of aromatic nitrogens is 1. The van der Waals surface area contributed by atoms with Crippen LogP contribution in [-0.4, -0.2) is 24.7 Å². The minimum atomic E-state index is -0.471. The second-order valence-electron chi connectivity index (χ2n) is 3.74. The monoisotopic (exact) mass is 222 g/mol. The number of nitrogens with zero attached hydrogens (tertiary/aromatic N) is 1. The minimum Gasteiger partial charge on any atom is -0.467 e. The van der Waals surface area contributed by atoms with Gasteiger partial charge in [0.15, 0.2) is 0 Å². The first kappa shape index (κ1) is 10.7. The Morgan fingerprint density at radius 2 is 2.31 bits per heavy atom. The highest BCUT2D eigenvalue weighted by Crippen LogP contribution is 2.25. The first-order valence-corrected chi connectivity index (χ1v) is 5.19. The molecule has 0 saturated carbocycles. The van der Waals surface area contributed by atoms with Crippen molar-refractivity contribution in [2.75, 3.05) is 19.5 Å². The van der Waals surface area contributed by atoms with Crippen LogP contribution >= 0.6 is 0 Å². The van der Waals surface area contributed by atoms with E-state index in [1.54, 1.807) is 13.1 Å². The van der Waals surface area contributed by atoms with E-state index in [2.05, 4.69) is 5.32 Å². The van der Waals surface area contributed by atoms with Gasteiger partial charge in [-0.25, -0.2) is 4.79 Å². The predicted octanol–water partition coefficient (Wildman–Crippen LogP) is 0.550. The van der Waals surface area contributed by atoms with Gasteiger partial charge in [-0.1, -0.05) is 0 Å². The Labute approximate surface area is 93.0 Å². The van der Waals surface area contributed by atoms with Crippen molar-refractivity contribution < 1.29 is 9.53 Å². The van der Waals surface area contributed by atoms with E-state index in [1.807, 2.05) is 6.07 Å². The van der Waals surface area contributed by atoms with Gasteiger partial charge in [-0.2, -0.15) is 0 Å². The molecular formula is C11H14N2O3. The quantitative estimate of drug-likeness (QED) is 0.742. The van der Waals surface area contributed by atoms with Gasteiger partial charge in [0.25, 0.3) is 5.56 Å². The second kappa shape index (κ2) is 4.00. The van der Waals surface area contributed by atoms with Crippen molar-refractivity contribution in [2.45, 2.75) is 18.9 Å². The molecule has 0 radical (unpaired) electrons. The summed E-state index contributed by atoms with van der Waals surface area (Å²) in [6.07, 6.45) is 1.37. The lowest BCUT2D eigenvalue weighted by Gasteiger charge is -2.13. The van der Waals surface area contributed by atoms with Gasteiger partial charge in [-0.15, -0.1) is 0 Å². The van der Waals surface area contributed by atoms with E-state index in [-0.39, 0.29) is 11.5 Å². The fourth-order valence-electron chi connectivity index (χ4n) is 2.10. The third kappa shape index (κ3) is 1.48. The summed E-state index contributed by atoms with van der Waals surface area (Å²) < 4.78 is 6.23. The molecular weight excluding hydrogens is 208 g/mol. The molecule has 1 aromatic heterocycles. The van der Waals surface area contributed by atoms with Crippen LogP contribution in [0.1, 0.15) is 18.2 Å². The van der Waals surface area contributed by atoms with E-state index in [0.29, 0.717) is 12.1 Å². The number of fused-ring (bicyclic) bond motifs is 1. The number of hydrogen-bond acceptors (Lipinski definition) is 4. The number of aryl methyl sites for hydroxylation is 1. The zero-order valence-corrected chi connectivity index (χ0v) is 9.32. The molecule has 1 N–H and O–H groups in total. The number of pyridine rings is 1. The summed E-state index contributed by atoms with van der Waals surface area (Å²) >= 11 is 0. The third-order valence-corrected chi connectivity index (χ3v) is 2.93. The number of anilines is 1. The maximum Gasteiger partial charge on any atom is 0.328 e. The van der Waals surface area contributed by atoms with Crippen LogP contribution in [0, 0.1) is 0 Å². The van der Waals surface area contributed by atoms with Gasteiger partial charge >= 0.3 is 5.97 Å². The molecule has 1 atom stereocenters. The molecule has 5 heteroatoms. The van der Waals surface area contributed by atoms with Crippen molar-refractivity contribution in [3.8, 4) is 0 Å². The number of methoxy groups -OCH3 is 1. The normalized spacial score (nSPS) is 18.0. The first-order valence-electron chi connectivity index (χ1n) is 5.19. The zero-order chi connectivity index (χ0) is 11.7. The van der Waals surface area contributed by atoms with Crippen LogP contribution in [0.2, 0.25) is 0 Å². The molecule has 0 bridgehead atoms. The smallest absolute Gasteiger partial charge is 0.328 e. The molecule has 2 heterocycles. The van der Waals surface area contributed by atoms with Crippen LogP contribution in [-0.2, 0) is 16.0 Å². The van der Waals surface area contributed by atoms with Crippen LogP contribution < -0.4 is 10.9 Å². The minimum absolute atomic E-state index is 0.159. The molecule has 0 saturated heterocycles. The van der Waals surface area contributed by atoms with Crippen molar-refractivity contribution in [3.63, 3.8) is 0 Å². The number of nitrogens with one attached hydrogen (secondary N) is 1. The molecule has 0 aromatic carbocycles. The van der Waals surface area contributed by atoms with Crippen LogP contribution in [0.25, 0.3) is 0 Å². The van der Waals surface area contributed by atoms with Gasteiger partial charge in [-0.05, 0) is 25.0 Å². The lowest BCUT2D eigenvalue weighted by Crippen LogP contribution is -2.29. The first-order chi connectivity index (χ1) is 7.69. The van der Waals surface area contributed by atoms with Crippen molar-refractivity contribution in [1.82, 2.24) is 4.57 Å². The molecule has 0 spiro atoms. The average molecular weight is 222 g/mol. The number of carbonyl (C=O) groups is 1. The van der Waals surface area contributed by atoms with Crippen LogP contribution in [0.5, 0.6) is 0 Å². The Balaban J connectivity index is 2.52. The van der Waals surface area contributed by atoms with Crippen LogP contribution in [0.4, 0.5) is 5.69 Å². The average Bonchev–Trinajstić information content (AvgIpc) is 2.73. The van der Waals surface area contributed by atoms with Crippen LogP contribution in [0.3, 0.4) is 0 Å². The van der Waals surface area contributed by atoms with E-state index >= 15 is 0 Å². The Morgan fingerprint density at radius 1 is 1.56 bits per heavy atom. The molecule has 0 fully saturated rings. The highest BCUT2D eigenvalue weighted by molar-refractivity contribution is 5.75. The molecule has 1 unspecified atom stereocenters. The molecule has 1 aliphatic rings. The van der Waals surface area contributed by atoms with E-state index in [1.165, 1.54) is 11.7 Å². The molecule has 2 rings (SSSR count). The Morgan fingerprint density at radius 3 is 2.94 bits per heavy atom. The fourth-order valence-corrected chi connectivity index (χ4v) is 2.10. The van der Waals surface area contributed by atoms with Gasteiger partial charge in [0.2, 0.25) is 0 Å². The van der Waals surface area contributed by atoms with Crippen molar-refractivity contribution in [2.24, 2.45) is 0 Å². The number of rotatable bonds is 2. The molecule has 0 aliphatic carbocycles. The van der Waals surface area contributed by atoms with E-state index in [4.69, 9.17) is 4.74 Å². The maximum atomic E-state index is 12.0. The summed E-state index contributed by atoms with van der Waals surface area (Å²) in [4.78, 5) is 23.5. The maximum absolute atomic E-state index is 12.0. The summed E-state index contributed by atoms with van der Waals surface area (Å²) in [6.45, 7) is 0. The van der Waals surface area contributed by atoms with Crippen molar-refractivity contribution in [3.05, 3.63) is 28.2 Å².